The largest absolute Gasteiger partial charge is 0.337 e. The van der Waals surface area contributed by atoms with Crippen molar-refractivity contribution in [3.05, 3.63) is 29.6 Å². The molecule has 0 N–H and O–H groups in total. The summed E-state index contributed by atoms with van der Waals surface area (Å²) in [6.45, 7) is 2.92. The first-order valence-corrected chi connectivity index (χ1v) is 5.45. The molecule has 1 saturated heterocycles. The van der Waals surface area contributed by atoms with Crippen molar-refractivity contribution < 1.29 is 4.79 Å². The third-order valence-electron chi connectivity index (χ3n) is 3.05. The van der Waals surface area contributed by atoms with Crippen molar-refractivity contribution >= 4 is 6.41 Å². The molecule has 0 bridgehead atoms. The number of pyridine rings is 1. The van der Waals surface area contributed by atoms with Gasteiger partial charge in [-0.2, -0.15) is 0 Å². The van der Waals surface area contributed by atoms with E-state index in [0.717, 1.165) is 31.5 Å². The van der Waals surface area contributed by atoms with Crippen molar-refractivity contribution in [2.45, 2.75) is 32.2 Å². The third kappa shape index (κ3) is 2.01. The topological polar surface area (TPSA) is 33.2 Å². The minimum absolute atomic E-state index is 0.192. The van der Waals surface area contributed by atoms with Crippen molar-refractivity contribution in [2.75, 3.05) is 6.54 Å². The molecule has 1 atom stereocenters. The van der Waals surface area contributed by atoms with Gasteiger partial charge in [0.15, 0.2) is 0 Å². The molecule has 3 heteroatoms. The molecule has 0 unspecified atom stereocenters. The average molecular weight is 204 g/mol. The first kappa shape index (κ1) is 10.1. The summed E-state index contributed by atoms with van der Waals surface area (Å²) in [5, 5.41) is 0. The predicted molar refractivity (Wildman–Crippen MR) is 58.3 cm³/mol. The van der Waals surface area contributed by atoms with E-state index in [9.17, 15) is 4.79 Å². The minimum atomic E-state index is 0.192. The van der Waals surface area contributed by atoms with Crippen LogP contribution in [0.25, 0.3) is 0 Å². The molecule has 15 heavy (non-hydrogen) atoms. The van der Waals surface area contributed by atoms with Gasteiger partial charge in [0.25, 0.3) is 0 Å². The Balaban J connectivity index is 2.28. The summed E-state index contributed by atoms with van der Waals surface area (Å²) < 4.78 is 0. The molecule has 2 heterocycles. The van der Waals surface area contributed by atoms with Gasteiger partial charge in [-0.05, 0) is 37.8 Å². The van der Waals surface area contributed by atoms with E-state index in [0.29, 0.717) is 0 Å². The molecule has 0 spiro atoms. The Morgan fingerprint density at radius 3 is 3.13 bits per heavy atom. The van der Waals surface area contributed by atoms with Gasteiger partial charge in [-0.3, -0.25) is 9.78 Å². The van der Waals surface area contributed by atoms with Crippen LogP contribution in [-0.4, -0.2) is 22.8 Å². The molecule has 1 aliphatic rings. The Labute approximate surface area is 90.1 Å². The first-order valence-electron chi connectivity index (χ1n) is 5.45. The fourth-order valence-electron chi connectivity index (χ4n) is 2.22. The van der Waals surface area contributed by atoms with E-state index in [2.05, 4.69) is 18.0 Å². The Morgan fingerprint density at radius 1 is 1.53 bits per heavy atom. The van der Waals surface area contributed by atoms with E-state index in [1.807, 2.05) is 11.0 Å². The molecule has 1 aromatic heterocycles. The van der Waals surface area contributed by atoms with Gasteiger partial charge in [-0.25, -0.2) is 0 Å². The van der Waals surface area contributed by atoms with Crippen molar-refractivity contribution in [1.82, 2.24) is 9.88 Å². The van der Waals surface area contributed by atoms with Gasteiger partial charge in [-0.15, -0.1) is 0 Å². The number of carbonyl (C=O) groups excluding carboxylic acids is 1. The number of hydrogen-bond donors (Lipinski definition) is 0. The van der Waals surface area contributed by atoms with E-state index in [1.54, 1.807) is 6.20 Å². The van der Waals surface area contributed by atoms with E-state index in [-0.39, 0.29) is 6.04 Å². The van der Waals surface area contributed by atoms with Crippen LogP contribution in [0.5, 0.6) is 0 Å². The molecular weight excluding hydrogens is 188 g/mol. The lowest BCUT2D eigenvalue weighted by Gasteiger charge is -2.32. The highest BCUT2D eigenvalue weighted by Gasteiger charge is 2.24. The second kappa shape index (κ2) is 4.43. The zero-order valence-corrected chi connectivity index (χ0v) is 9.02. The van der Waals surface area contributed by atoms with Gasteiger partial charge in [0.05, 0.1) is 11.7 Å². The number of amides is 1. The number of aryl methyl sites for hydroxylation is 1. The number of hydrogen-bond acceptors (Lipinski definition) is 2. The molecule has 3 nitrogen and oxygen atoms in total. The summed E-state index contributed by atoms with van der Waals surface area (Å²) in [7, 11) is 0. The Kier molecular flexibility index (Phi) is 2.99. The van der Waals surface area contributed by atoms with Crippen LogP contribution in [0.4, 0.5) is 0 Å². The number of piperidine rings is 1. The van der Waals surface area contributed by atoms with E-state index < -0.39 is 0 Å². The maximum atomic E-state index is 11.0. The smallest absolute Gasteiger partial charge is 0.210 e. The van der Waals surface area contributed by atoms with E-state index >= 15 is 0 Å². The maximum Gasteiger partial charge on any atom is 0.210 e. The van der Waals surface area contributed by atoms with Gasteiger partial charge in [0.2, 0.25) is 6.41 Å². The van der Waals surface area contributed by atoms with Crippen LogP contribution in [0, 0.1) is 6.92 Å². The summed E-state index contributed by atoms with van der Waals surface area (Å²) >= 11 is 0. The fraction of sp³-hybridized carbons (Fsp3) is 0.500. The number of nitrogens with zero attached hydrogens (tertiary/aromatic N) is 2. The second-order valence-corrected chi connectivity index (χ2v) is 4.06. The van der Waals surface area contributed by atoms with Gasteiger partial charge >= 0.3 is 0 Å². The van der Waals surface area contributed by atoms with Crippen LogP contribution >= 0.6 is 0 Å². The SMILES string of the molecule is Cc1cccnc1[C@H]1CCCCN1C=O. The Bertz CT molecular complexity index is 351. The normalized spacial score (nSPS) is 21.4. The summed E-state index contributed by atoms with van der Waals surface area (Å²) in [5.74, 6) is 0. The molecule has 1 amide bonds. The monoisotopic (exact) mass is 204 g/mol. The zero-order chi connectivity index (χ0) is 10.7. The van der Waals surface area contributed by atoms with Crippen molar-refractivity contribution in [1.29, 1.82) is 0 Å². The highest BCUT2D eigenvalue weighted by Crippen LogP contribution is 2.29. The lowest BCUT2D eigenvalue weighted by atomic mass is 9.97. The first-order chi connectivity index (χ1) is 7.33. The van der Waals surface area contributed by atoms with E-state index in [4.69, 9.17) is 0 Å². The summed E-state index contributed by atoms with van der Waals surface area (Å²) in [4.78, 5) is 17.2. The van der Waals surface area contributed by atoms with Crippen LogP contribution in [0.15, 0.2) is 18.3 Å². The van der Waals surface area contributed by atoms with Gasteiger partial charge < -0.3 is 4.90 Å². The summed E-state index contributed by atoms with van der Waals surface area (Å²) in [5.41, 5.74) is 2.24. The van der Waals surface area contributed by atoms with E-state index in [1.165, 1.54) is 12.0 Å². The van der Waals surface area contributed by atoms with Crippen LogP contribution < -0.4 is 0 Å². The number of aromatic nitrogens is 1. The molecule has 2 rings (SSSR count). The number of rotatable bonds is 2. The standard InChI is InChI=1S/C12H16N2O/c1-10-5-4-7-13-12(10)11-6-2-3-8-14(11)9-15/h4-5,7,9,11H,2-3,6,8H2,1H3/t11-/m1/s1. The summed E-state index contributed by atoms with van der Waals surface area (Å²) in [6.07, 6.45) is 6.10. The predicted octanol–water partition coefficient (Wildman–Crippen LogP) is 2.07. The van der Waals surface area contributed by atoms with Crippen LogP contribution in [-0.2, 0) is 4.79 Å². The van der Waals surface area contributed by atoms with Crippen LogP contribution in [0.2, 0.25) is 0 Å². The van der Waals surface area contributed by atoms with Crippen molar-refractivity contribution in [2.24, 2.45) is 0 Å². The summed E-state index contributed by atoms with van der Waals surface area (Å²) in [6, 6.07) is 4.18. The average Bonchev–Trinajstić information content (AvgIpc) is 2.30. The maximum absolute atomic E-state index is 11.0. The molecule has 80 valence electrons. The molecule has 1 fully saturated rings. The molecular formula is C12H16N2O. The van der Waals surface area contributed by atoms with Crippen LogP contribution in [0.3, 0.4) is 0 Å². The fourth-order valence-corrected chi connectivity index (χ4v) is 2.22. The highest BCUT2D eigenvalue weighted by atomic mass is 16.1. The quantitative estimate of drug-likeness (QED) is 0.691. The second-order valence-electron chi connectivity index (χ2n) is 4.06. The molecule has 0 radical (unpaired) electrons. The molecule has 1 aromatic rings. The zero-order valence-electron chi connectivity index (χ0n) is 9.02. The molecule has 0 aliphatic carbocycles. The third-order valence-corrected chi connectivity index (χ3v) is 3.05. The lowest BCUT2D eigenvalue weighted by molar-refractivity contribution is -0.121. The minimum Gasteiger partial charge on any atom is -0.337 e. The van der Waals surface area contributed by atoms with Crippen molar-refractivity contribution in [3.8, 4) is 0 Å². The van der Waals surface area contributed by atoms with Gasteiger partial charge in [-0.1, -0.05) is 6.07 Å². The molecule has 1 aliphatic heterocycles. The highest BCUT2D eigenvalue weighted by molar-refractivity contribution is 5.49. The lowest BCUT2D eigenvalue weighted by Crippen LogP contribution is -2.33. The Morgan fingerprint density at radius 2 is 2.40 bits per heavy atom. The molecule has 0 aromatic carbocycles. The van der Waals surface area contributed by atoms with Gasteiger partial charge in [0.1, 0.15) is 0 Å². The number of likely N-dealkylation sites (tertiary alicyclic amines) is 1. The van der Waals surface area contributed by atoms with Gasteiger partial charge in [0, 0.05) is 12.7 Å². The van der Waals surface area contributed by atoms with Crippen molar-refractivity contribution in [3.63, 3.8) is 0 Å². The van der Waals surface area contributed by atoms with Crippen LogP contribution in [0.1, 0.15) is 36.6 Å². The Hall–Kier alpha value is -1.38. The number of carbonyl (C=O) groups is 1. The molecule has 0 saturated carbocycles.